The van der Waals surface area contributed by atoms with Gasteiger partial charge in [0.2, 0.25) is 0 Å². The lowest BCUT2D eigenvalue weighted by Crippen LogP contribution is -1.90. The van der Waals surface area contributed by atoms with E-state index in [0.717, 1.165) is 3.57 Å². The van der Waals surface area contributed by atoms with Crippen molar-refractivity contribution in [2.75, 3.05) is 0 Å². The fourth-order valence-electron chi connectivity index (χ4n) is 0.493. The minimum absolute atomic E-state index is 0.105. The summed E-state index contributed by atoms with van der Waals surface area (Å²) in [5.41, 5.74) is 0. The van der Waals surface area contributed by atoms with Crippen molar-refractivity contribution in [1.82, 2.24) is 4.98 Å². The second-order valence-electron chi connectivity index (χ2n) is 1.59. The molecule has 0 fully saturated rings. The Labute approximate surface area is 70.6 Å². The van der Waals surface area contributed by atoms with Crippen LogP contribution in [0.15, 0.2) is 18.3 Å². The van der Waals surface area contributed by atoms with Crippen molar-refractivity contribution in [3.8, 4) is 0 Å². The summed E-state index contributed by atoms with van der Waals surface area (Å²) in [6.45, 7) is 0. The molecule has 1 aromatic rings. The maximum atomic E-state index is 10.1. The first-order chi connectivity index (χ1) is 4.70. The quantitative estimate of drug-likeness (QED) is 0.432. The molecule has 0 saturated carbocycles. The smallest absolute Gasteiger partial charge is 0.358 e. The van der Waals surface area contributed by atoms with Gasteiger partial charge in [0.05, 0.1) is 0 Å². The average Bonchev–Trinajstić information content (AvgIpc) is 1.88. The molecule has 0 amide bonds. The Kier molecular flexibility index (Phi) is 2.15. The molecule has 0 bridgehead atoms. The Balaban J connectivity index is 3.07. The van der Waals surface area contributed by atoms with Gasteiger partial charge in [-0.3, -0.25) is 0 Å². The first kappa shape index (κ1) is 7.39. The summed E-state index contributed by atoms with van der Waals surface area (Å²) in [6, 6.07) is 3.12. The van der Waals surface area contributed by atoms with E-state index in [1.54, 1.807) is 6.07 Å². The number of hydrogen-bond donors (Lipinski definition) is 0. The molecule has 1 rings (SSSR count). The van der Waals surface area contributed by atoms with Crippen LogP contribution in [0.1, 0.15) is 0 Å². The van der Waals surface area contributed by atoms with Crippen LogP contribution < -0.4 is 0 Å². The predicted molar refractivity (Wildman–Crippen MR) is 43.6 cm³/mol. The summed E-state index contributed by atoms with van der Waals surface area (Å²) in [6.07, 6.45) is 1.42. The third kappa shape index (κ3) is 1.63. The van der Waals surface area contributed by atoms with Crippen LogP contribution >= 0.6 is 22.6 Å². The molecule has 0 aromatic carbocycles. The molecule has 0 N–H and O–H groups in total. The SMILES string of the molecule is O=[N+]([O-])c1cc(I)ccn1. The standard InChI is InChI=1S/C5H3IN2O2/c6-4-1-2-7-5(3-4)8(9)10/h1-3H. The van der Waals surface area contributed by atoms with Crippen molar-refractivity contribution in [1.29, 1.82) is 0 Å². The molecule has 0 radical (unpaired) electrons. The van der Waals surface area contributed by atoms with Crippen LogP contribution in [0.2, 0.25) is 0 Å². The maximum Gasteiger partial charge on any atom is 0.364 e. The number of aromatic nitrogens is 1. The van der Waals surface area contributed by atoms with Crippen LogP contribution in [0.5, 0.6) is 0 Å². The molecular weight excluding hydrogens is 247 g/mol. The number of nitro groups is 1. The van der Waals surface area contributed by atoms with Gasteiger partial charge in [0.25, 0.3) is 0 Å². The molecule has 0 unspecified atom stereocenters. The molecule has 4 nitrogen and oxygen atoms in total. The van der Waals surface area contributed by atoms with Gasteiger partial charge >= 0.3 is 5.82 Å². The Hall–Kier alpha value is -0.720. The fraction of sp³-hybridized carbons (Fsp3) is 0. The van der Waals surface area contributed by atoms with Gasteiger partial charge in [-0.15, -0.1) is 0 Å². The molecule has 52 valence electrons. The van der Waals surface area contributed by atoms with Gasteiger partial charge in [-0.1, -0.05) is 0 Å². The van der Waals surface area contributed by atoms with E-state index in [2.05, 4.69) is 4.98 Å². The Morgan fingerprint density at radius 2 is 2.40 bits per heavy atom. The first-order valence-electron chi connectivity index (χ1n) is 2.46. The van der Waals surface area contributed by atoms with Crippen LogP contribution in [-0.2, 0) is 0 Å². The van der Waals surface area contributed by atoms with E-state index in [1.165, 1.54) is 12.3 Å². The molecule has 0 aliphatic rings. The van der Waals surface area contributed by atoms with Gasteiger partial charge in [-0.2, -0.15) is 0 Å². The van der Waals surface area contributed by atoms with Gasteiger partial charge in [-0.25, -0.2) is 0 Å². The van der Waals surface area contributed by atoms with Crippen LogP contribution in [0, 0.1) is 13.7 Å². The third-order valence-corrected chi connectivity index (χ3v) is 1.57. The predicted octanol–water partition coefficient (Wildman–Crippen LogP) is 1.59. The van der Waals surface area contributed by atoms with Crippen molar-refractivity contribution in [3.05, 3.63) is 32.0 Å². The Bertz CT molecular complexity index is 264. The largest absolute Gasteiger partial charge is 0.364 e. The zero-order chi connectivity index (χ0) is 7.56. The Morgan fingerprint density at radius 3 is 2.80 bits per heavy atom. The van der Waals surface area contributed by atoms with Crippen molar-refractivity contribution in [2.24, 2.45) is 0 Å². The van der Waals surface area contributed by atoms with Gasteiger partial charge in [-0.05, 0) is 38.6 Å². The van der Waals surface area contributed by atoms with Gasteiger partial charge in [0.1, 0.15) is 6.20 Å². The molecule has 10 heavy (non-hydrogen) atoms. The third-order valence-electron chi connectivity index (χ3n) is 0.895. The summed E-state index contributed by atoms with van der Waals surface area (Å²) in [5, 5.41) is 10.1. The van der Waals surface area contributed by atoms with Crippen molar-refractivity contribution < 1.29 is 4.92 Å². The highest BCUT2D eigenvalue weighted by molar-refractivity contribution is 14.1. The first-order valence-corrected chi connectivity index (χ1v) is 3.54. The molecule has 0 spiro atoms. The van der Waals surface area contributed by atoms with E-state index in [4.69, 9.17) is 0 Å². The molecule has 0 saturated heterocycles. The second-order valence-corrected chi connectivity index (χ2v) is 2.84. The fourth-order valence-corrected chi connectivity index (χ4v) is 0.933. The summed E-state index contributed by atoms with van der Waals surface area (Å²) < 4.78 is 0.819. The van der Waals surface area contributed by atoms with Crippen molar-refractivity contribution in [2.45, 2.75) is 0 Å². The molecule has 1 heterocycles. The zero-order valence-electron chi connectivity index (χ0n) is 4.82. The van der Waals surface area contributed by atoms with Gasteiger partial charge < -0.3 is 10.1 Å². The molecule has 0 aliphatic heterocycles. The normalized spacial score (nSPS) is 9.30. The van der Waals surface area contributed by atoms with E-state index in [-0.39, 0.29) is 5.82 Å². The number of hydrogen-bond acceptors (Lipinski definition) is 3. The van der Waals surface area contributed by atoms with Gasteiger partial charge in [0, 0.05) is 9.64 Å². The monoisotopic (exact) mass is 250 g/mol. The molecule has 0 aliphatic carbocycles. The molecule has 1 aromatic heterocycles. The highest BCUT2D eigenvalue weighted by Gasteiger charge is 2.04. The lowest BCUT2D eigenvalue weighted by Gasteiger charge is -1.89. The second kappa shape index (κ2) is 2.91. The lowest BCUT2D eigenvalue weighted by molar-refractivity contribution is -0.389. The van der Waals surface area contributed by atoms with E-state index >= 15 is 0 Å². The summed E-state index contributed by atoms with van der Waals surface area (Å²) in [4.78, 5) is 13.1. The van der Waals surface area contributed by atoms with Crippen molar-refractivity contribution in [3.63, 3.8) is 0 Å². The van der Waals surface area contributed by atoms with Crippen LogP contribution in [0.25, 0.3) is 0 Å². The van der Waals surface area contributed by atoms with Crippen LogP contribution in [0.4, 0.5) is 5.82 Å². The number of rotatable bonds is 1. The summed E-state index contributed by atoms with van der Waals surface area (Å²) in [5.74, 6) is -0.105. The van der Waals surface area contributed by atoms with E-state index < -0.39 is 4.92 Å². The topological polar surface area (TPSA) is 56.0 Å². The van der Waals surface area contributed by atoms with E-state index in [0.29, 0.717) is 0 Å². The van der Waals surface area contributed by atoms with Crippen LogP contribution in [0.3, 0.4) is 0 Å². The summed E-state index contributed by atoms with van der Waals surface area (Å²) in [7, 11) is 0. The molecule has 0 atom stereocenters. The number of halogens is 1. The average molecular weight is 250 g/mol. The van der Waals surface area contributed by atoms with Gasteiger partial charge in [0.15, 0.2) is 0 Å². The highest BCUT2D eigenvalue weighted by atomic mass is 127. The molecule has 5 heteroatoms. The zero-order valence-corrected chi connectivity index (χ0v) is 6.98. The number of nitrogens with zero attached hydrogens (tertiary/aromatic N) is 2. The van der Waals surface area contributed by atoms with Crippen LogP contribution in [-0.4, -0.2) is 9.91 Å². The number of pyridine rings is 1. The molecular formula is C5H3IN2O2. The highest BCUT2D eigenvalue weighted by Crippen LogP contribution is 2.10. The summed E-state index contributed by atoms with van der Waals surface area (Å²) >= 11 is 1.99. The van der Waals surface area contributed by atoms with E-state index in [1.807, 2.05) is 22.6 Å². The minimum Gasteiger partial charge on any atom is -0.358 e. The lowest BCUT2D eigenvalue weighted by atomic mass is 10.5. The Morgan fingerprint density at radius 1 is 1.70 bits per heavy atom. The van der Waals surface area contributed by atoms with E-state index in [9.17, 15) is 10.1 Å². The minimum atomic E-state index is -0.512. The maximum absolute atomic E-state index is 10.1. The van der Waals surface area contributed by atoms with Crippen molar-refractivity contribution >= 4 is 28.4 Å².